The van der Waals surface area contributed by atoms with E-state index in [1.165, 1.54) is 12.6 Å². The molecule has 0 bridgehead atoms. The van der Waals surface area contributed by atoms with Gasteiger partial charge in [0.1, 0.15) is 0 Å². The Bertz CT molecular complexity index is 903. The normalized spacial score (nSPS) is 16.9. The van der Waals surface area contributed by atoms with Crippen molar-refractivity contribution < 1.29 is 14.0 Å². The van der Waals surface area contributed by atoms with E-state index < -0.39 is 0 Å². The number of rotatable bonds is 4. The van der Waals surface area contributed by atoms with Crippen molar-refractivity contribution in [3.05, 3.63) is 54.9 Å². The van der Waals surface area contributed by atoms with Gasteiger partial charge in [-0.1, -0.05) is 12.1 Å². The van der Waals surface area contributed by atoms with E-state index in [-0.39, 0.29) is 23.5 Å². The van der Waals surface area contributed by atoms with Crippen LogP contribution in [0.3, 0.4) is 0 Å². The molecule has 1 aromatic carbocycles. The number of H-pyrrole nitrogens is 1. The maximum Gasteiger partial charge on any atom is 0.291 e. The van der Waals surface area contributed by atoms with Gasteiger partial charge in [0, 0.05) is 25.0 Å². The highest BCUT2D eigenvalue weighted by Gasteiger charge is 2.30. The summed E-state index contributed by atoms with van der Waals surface area (Å²) in [5, 5.41) is 9.78. The molecule has 3 heterocycles. The molecule has 138 valence electrons. The molecule has 1 saturated heterocycles. The molecule has 2 N–H and O–H groups in total. The van der Waals surface area contributed by atoms with Crippen molar-refractivity contribution in [3.8, 4) is 11.3 Å². The fraction of sp³-hybridized carbons (Fsp3) is 0.263. The molecule has 0 aliphatic carbocycles. The van der Waals surface area contributed by atoms with Gasteiger partial charge in [-0.2, -0.15) is 5.10 Å². The van der Waals surface area contributed by atoms with Crippen LogP contribution in [0.1, 0.15) is 23.4 Å². The predicted octanol–water partition coefficient (Wildman–Crippen LogP) is 2.56. The van der Waals surface area contributed by atoms with Crippen LogP contribution in [0.25, 0.3) is 11.3 Å². The number of likely N-dealkylation sites (tertiary alicyclic amines) is 1. The summed E-state index contributed by atoms with van der Waals surface area (Å²) in [5.74, 6) is -0.364. The van der Waals surface area contributed by atoms with Crippen molar-refractivity contribution in [2.45, 2.75) is 12.8 Å². The van der Waals surface area contributed by atoms with Crippen molar-refractivity contribution in [2.75, 3.05) is 18.4 Å². The Morgan fingerprint density at radius 1 is 1.22 bits per heavy atom. The van der Waals surface area contributed by atoms with Crippen LogP contribution in [0.2, 0.25) is 0 Å². The third-order valence-corrected chi connectivity index (χ3v) is 4.69. The number of anilines is 1. The predicted molar refractivity (Wildman–Crippen MR) is 97.8 cm³/mol. The summed E-state index contributed by atoms with van der Waals surface area (Å²) in [4.78, 5) is 30.4. The summed E-state index contributed by atoms with van der Waals surface area (Å²) >= 11 is 0. The number of carbonyl (C=O) groups excluding carboxylic acids is 2. The summed E-state index contributed by atoms with van der Waals surface area (Å²) in [6, 6.07) is 9.44. The highest BCUT2D eigenvalue weighted by molar-refractivity contribution is 5.95. The fourth-order valence-corrected chi connectivity index (χ4v) is 3.25. The van der Waals surface area contributed by atoms with E-state index in [0.29, 0.717) is 13.1 Å². The van der Waals surface area contributed by atoms with Crippen LogP contribution in [0, 0.1) is 5.92 Å². The van der Waals surface area contributed by atoms with Crippen molar-refractivity contribution >= 4 is 17.5 Å². The molecule has 1 aliphatic rings. The minimum atomic E-state index is -0.252. The quantitative estimate of drug-likeness (QED) is 0.739. The first-order chi connectivity index (χ1) is 13.2. The summed E-state index contributed by atoms with van der Waals surface area (Å²) in [7, 11) is 0. The topological polar surface area (TPSA) is 104 Å². The van der Waals surface area contributed by atoms with Crippen molar-refractivity contribution in [3.63, 3.8) is 0 Å². The lowest BCUT2D eigenvalue weighted by Gasteiger charge is -2.31. The van der Waals surface area contributed by atoms with Crippen LogP contribution in [-0.2, 0) is 4.79 Å². The standard InChI is InChI=1S/C19H19N5O3/c25-18(22-15-5-3-13(4-6-15)16-7-8-21-23-16)14-2-1-9-24(11-14)19(26)17-10-20-12-27-17/h3-8,10,12,14H,1-2,9,11H2,(H,21,23)(H,22,25)/t14-/m1/s1. The Morgan fingerprint density at radius 3 is 2.78 bits per heavy atom. The molecule has 1 atom stereocenters. The molecule has 2 aromatic heterocycles. The lowest BCUT2D eigenvalue weighted by atomic mass is 9.96. The number of hydrogen-bond acceptors (Lipinski definition) is 5. The zero-order valence-electron chi connectivity index (χ0n) is 14.6. The van der Waals surface area contributed by atoms with Gasteiger partial charge in [0.25, 0.3) is 5.91 Å². The molecule has 8 heteroatoms. The number of aromatic amines is 1. The summed E-state index contributed by atoms with van der Waals surface area (Å²) in [6.45, 7) is 0.986. The smallest absolute Gasteiger partial charge is 0.291 e. The molecule has 0 spiro atoms. The van der Waals surface area contributed by atoms with E-state index in [9.17, 15) is 9.59 Å². The average Bonchev–Trinajstić information content (AvgIpc) is 3.42. The maximum atomic E-state index is 12.6. The van der Waals surface area contributed by atoms with Gasteiger partial charge in [-0.05, 0) is 36.6 Å². The van der Waals surface area contributed by atoms with Crippen LogP contribution in [0.4, 0.5) is 5.69 Å². The van der Waals surface area contributed by atoms with Gasteiger partial charge in [-0.25, -0.2) is 4.98 Å². The zero-order chi connectivity index (χ0) is 18.6. The van der Waals surface area contributed by atoms with E-state index in [4.69, 9.17) is 4.42 Å². The molecule has 0 unspecified atom stereocenters. The highest BCUT2D eigenvalue weighted by Crippen LogP contribution is 2.22. The third kappa shape index (κ3) is 3.74. The molecule has 1 fully saturated rings. The third-order valence-electron chi connectivity index (χ3n) is 4.69. The number of oxazole rings is 1. The second-order valence-corrected chi connectivity index (χ2v) is 6.49. The van der Waals surface area contributed by atoms with E-state index in [1.807, 2.05) is 30.3 Å². The van der Waals surface area contributed by atoms with Gasteiger partial charge >= 0.3 is 0 Å². The van der Waals surface area contributed by atoms with Gasteiger partial charge in [0.15, 0.2) is 6.39 Å². The van der Waals surface area contributed by atoms with Crippen molar-refractivity contribution in [1.29, 1.82) is 0 Å². The molecular weight excluding hydrogens is 346 g/mol. The first-order valence-electron chi connectivity index (χ1n) is 8.79. The molecule has 8 nitrogen and oxygen atoms in total. The van der Waals surface area contributed by atoms with E-state index in [0.717, 1.165) is 29.8 Å². The van der Waals surface area contributed by atoms with Gasteiger partial charge in [0.05, 0.1) is 17.8 Å². The van der Waals surface area contributed by atoms with Crippen LogP contribution < -0.4 is 5.32 Å². The van der Waals surface area contributed by atoms with Crippen LogP contribution in [0.5, 0.6) is 0 Å². The number of piperidine rings is 1. The van der Waals surface area contributed by atoms with Gasteiger partial charge in [-0.15, -0.1) is 0 Å². The monoisotopic (exact) mass is 365 g/mol. The summed E-state index contributed by atoms with van der Waals surface area (Å²) < 4.78 is 5.07. The maximum absolute atomic E-state index is 12.6. The minimum absolute atomic E-state index is 0.0839. The Hall–Kier alpha value is -3.42. The number of amides is 2. The largest absolute Gasteiger partial charge is 0.438 e. The van der Waals surface area contributed by atoms with Crippen LogP contribution in [0.15, 0.2) is 53.5 Å². The second kappa shape index (κ2) is 7.45. The number of nitrogens with zero attached hydrogens (tertiary/aromatic N) is 3. The number of hydrogen-bond donors (Lipinski definition) is 2. The first kappa shape index (κ1) is 17.0. The molecule has 27 heavy (non-hydrogen) atoms. The minimum Gasteiger partial charge on any atom is -0.438 e. The van der Waals surface area contributed by atoms with Gasteiger partial charge in [-0.3, -0.25) is 14.7 Å². The highest BCUT2D eigenvalue weighted by atomic mass is 16.3. The number of carbonyl (C=O) groups is 2. The molecule has 0 radical (unpaired) electrons. The SMILES string of the molecule is O=C(Nc1ccc(-c2ccn[nH]2)cc1)[C@@H]1CCCN(C(=O)c2cnco2)C1. The lowest BCUT2D eigenvalue weighted by Crippen LogP contribution is -2.43. The fourth-order valence-electron chi connectivity index (χ4n) is 3.25. The number of benzene rings is 1. The van der Waals surface area contributed by atoms with E-state index in [2.05, 4.69) is 20.5 Å². The summed E-state index contributed by atoms with van der Waals surface area (Å²) in [5.41, 5.74) is 2.63. The molecule has 3 aromatic rings. The average molecular weight is 365 g/mol. The van der Waals surface area contributed by atoms with Crippen LogP contribution in [-0.4, -0.2) is 45.0 Å². The Labute approximate surface area is 155 Å². The van der Waals surface area contributed by atoms with Crippen LogP contribution >= 0.6 is 0 Å². The zero-order valence-corrected chi connectivity index (χ0v) is 14.6. The number of nitrogens with one attached hydrogen (secondary N) is 2. The summed E-state index contributed by atoms with van der Waals surface area (Å²) in [6.07, 6.45) is 5.84. The Morgan fingerprint density at radius 2 is 2.07 bits per heavy atom. The molecule has 0 saturated carbocycles. The van der Waals surface area contributed by atoms with Gasteiger partial charge < -0.3 is 14.6 Å². The van der Waals surface area contributed by atoms with Crippen molar-refractivity contribution in [2.24, 2.45) is 5.92 Å². The second-order valence-electron chi connectivity index (χ2n) is 6.49. The van der Waals surface area contributed by atoms with Crippen molar-refractivity contribution in [1.82, 2.24) is 20.1 Å². The van der Waals surface area contributed by atoms with E-state index in [1.54, 1.807) is 11.1 Å². The Balaban J connectivity index is 1.38. The van der Waals surface area contributed by atoms with Gasteiger partial charge in [0.2, 0.25) is 11.7 Å². The molecule has 2 amide bonds. The van der Waals surface area contributed by atoms with E-state index >= 15 is 0 Å². The lowest BCUT2D eigenvalue weighted by molar-refractivity contribution is -0.121. The number of aromatic nitrogens is 3. The molecular formula is C19H19N5O3. The molecule has 1 aliphatic heterocycles. The Kier molecular flexibility index (Phi) is 4.69. The first-order valence-corrected chi connectivity index (χ1v) is 8.79. The molecule has 4 rings (SSSR count).